The summed E-state index contributed by atoms with van der Waals surface area (Å²) in [5, 5.41) is 0. The summed E-state index contributed by atoms with van der Waals surface area (Å²) in [4.78, 5) is 12.0. The molecule has 0 bridgehead atoms. The van der Waals surface area contributed by atoms with Crippen LogP contribution in [0.1, 0.15) is 24.0 Å². The molecule has 0 spiro atoms. The molecule has 2 aromatic rings. The van der Waals surface area contributed by atoms with Gasteiger partial charge < -0.3 is 10.5 Å². The van der Waals surface area contributed by atoms with Gasteiger partial charge in [0.1, 0.15) is 12.6 Å². The van der Waals surface area contributed by atoms with Gasteiger partial charge in [0.05, 0.1) is 0 Å². The molecule has 0 amide bonds. The number of carbonyl (C=O) groups is 1. The maximum absolute atomic E-state index is 12.0. The van der Waals surface area contributed by atoms with E-state index in [2.05, 4.69) is 0 Å². The molecule has 2 N–H and O–H groups in total. The van der Waals surface area contributed by atoms with Crippen molar-refractivity contribution in [3.05, 3.63) is 71.8 Å². The summed E-state index contributed by atoms with van der Waals surface area (Å²) in [6, 6.07) is 18.7. The van der Waals surface area contributed by atoms with Gasteiger partial charge in [0.25, 0.3) is 0 Å². The van der Waals surface area contributed by atoms with E-state index in [-0.39, 0.29) is 18.5 Å². The number of nitrogens with two attached hydrogens (primary N) is 1. The van der Waals surface area contributed by atoms with Crippen molar-refractivity contribution in [1.82, 2.24) is 0 Å². The second-order valence-corrected chi connectivity index (χ2v) is 4.82. The maximum atomic E-state index is 12.0. The van der Waals surface area contributed by atoms with Crippen molar-refractivity contribution in [2.75, 3.05) is 0 Å². The quantitative estimate of drug-likeness (QED) is 0.849. The smallest absolute Gasteiger partial charge is 0.323 e. The monoisotopic (exact) mass is 269 g/mol. The van der Waals surface area contributed by atoms with Crippen LogP contribution in [0.25, 0.3) is 0 Å². The van der Waals surface area contributed by atoms with E-state index in [1.165, 1.54) is 0 Å². The highest BCUT2D eigenvalue weighted by Crippen LogP contribution is 2.18. The highest BCUT2D eigenvalue weighted by Gasteiger charge is 2.23. The first-order valence-electron chi connectivity index (χ1n) is 6.69. The Kier molecular flexibility index (Phi) is 4.91. The summed E-state index contributed by atoms with van der Waals surface area (Å²) in [5.74, 6) is -0.440. The van der Waals surface area contributed by atoms with E-state index in [9.17, 15) is 4.79 Å². The molecule has 0 aliphatic heterocycles. The normalized spacial score (nSPS) is 13.5. The van der Waals surface area contributed by atoms with Crippen molar-refractivity contribution >= 4 is 5.97 Å². The average Bonchev–Trinajstić information content (AvgIpc) is 2.53. The van der Waals surface area contributed by atoms with Crippen molar-refractivity contribution in [3.8, 4) is 0 Å². The molecule has 3 heteroatoms. The third-order valence-corrected chi connectivity index (χ3v) is 3.36. The predicted molar refractivity (Wildman–Crippen MR) is 79.1 cm³/mol. The number of hydrogen-bond donors (Lipinski definition) is 1. The van der Waals surface area contributed by atoms with Crippen molar-refractivity contribution in [3.63, 3.8) is 0 Å². The van der Waals surface area contributed by atoms with E-state index in [1.54, 1.807) is 0 Å². The van der Waals surface area contributed by atoms with Crippen molar-refractivity contribution in [2.45, 2.75) is 25.5 Å². The molecule has 0 saturated heterocycles. The first-order valence-corrected chi connectivity index (χ1v) is 6.69. The maximum Gasteiger partial charge on any atom is 0.323 e. The van der Waals surface area contributed by atoms with E-state index < -0.39 is 6.04 Å². The highest BCUT2D eigenvalue weighted by molar-refractivity contribution is 5.76. The Bertz CT molecular complexity index is 539. The number of benzene rings is 2. The van der Waals surface area contributed by atoms with Gasteiger partial charge in [-0.2, -0.15) is 0 Å². The molecule has 0 heterocycles. The summed E-state index contributed by atoms with van der Waals surface area (Å²) in [6.45, 7) is 2.19. The molecule has 0 aromatic heterocycles. The van der Waals surface area contributed by atoms with Crippen molar-refractivity contribution < 1.29 is 9.53 Å². The zero-order valence-corrected chi connectivity index (χ0v) is 11.5. The Morgan fingerprint density at radius 2 is 1.60 bits per heavy atom. The van der Waals surface area contributed by atoms with Crippen LogP contribution in [0.15, 0.2) is 60.7 Å². The fourth-order valence-corrected chi connectivity index (χ4v) is 1.99. The second-order valence-electron chi connectivity index (χ2n) is 4.82. The van der Waals surface area contributed by atoms with Gasteiger partial charge in [-0.25, -0.2) is 0 Å². The molecule has 0 fully saturated rings. The van der Waals surface area contributed by atoms with Crippen LogP contribution in [0.2, 0.25) is 0 Å². The summed E-state index contributed by atoms with van der Waals surface area (Å²) in [5.41, 5.74) is 7.98. The minimum Gasteiger partial charge on any atom is -0.460 e. The standard InChI is InChI=1S/C17H19NO2/c1-13(15-10-6-3-7-11-15)16(18)17(19)20-12-14-8-4-2-5-9-14/h2-11,13,16H,12,18H2,1H3. The summed E-state index contributed by atoms with van der Waals surface area (Å²) < 4.78 is 5.27. The Hall–Kier alpha value is -2.13. The molecule has 104 valence electrons. The number of hydrogen-bond acceptors (Lipinski definition) is 3. The predicted octanol–water partition coefficient (Wildman–Crippen LogP) is 2.86. The third-order valence-electron chi connectivity index (χ3n) is 3.36. The van der Waals surface area contributed by atoms with Crippen LogP contribution in [-0.4, -0.2) is 12.0 Å². The van der Waals surface area contributed by atoms with Gasteiger partial charge in [0.2, 0.25) is 0 Å². The van der Waals surface area contributed by atoms with E-state index in [4.69, 9.17) is 10.5 Å². The molecular weight excluding hydrogens is 250 g/mol. The summed E-state index contributed by atoms with van der Waals surface area (Å²) in [7, 11) is 0. The van der Waals surface area contributed by atoms with E-state index in [1.807, 2.05) is 67.6 Å². The molecule has 2 atom stereocenters. The minimum absolute atomic E-state index is 0.0699. The largest absolute Gasteiger partial charge is 0.460 e. The van der Waals surface area contributed by atoms with Crippen LogP contribution < -0.4 is 5.73 Å². The zero-order valence-electron chi connectivity index (χ0n) is 11.5. The van der Waals surface area contributed by atoms with Gasteiger partial charge in [-0.15, -0.1) is 0 Å². The van der Waals surface area contributed by atoms with Crippen LogP contribution >= 0.6 is 0 Å². The van der Waals surface area contributed by atoms with Gasteiger partial charge in [0, 0.05) is 5.92 Å². The van der Waals surface area contributed by atoms with Gasteiger partial charge in [-0.1, -0.05) is 67.6 Å². The summed E-state index contributed by atoms with van der Waals surface area (Å²) in [6.07, 6.45) is 0. The van der Waals surface area contributed by atoms with Crippen LogP contribution in [-0.2, 0) is 16.1 Å². The molecule has 0 radical (unpaired) electrons. The van der Waals surface area contributed by atoms with Gasteiger partial charge in [-0.3, -0.25) is 4.79 Å². The molecule has 2 unspecified atom stereocenters. The SMILES string of the molecule is CC(c1ccccc1)C(N)C(=O)OCc1ccccc1. The Morgan fingerprint density at radius 3 is 2.20 bits per heavy atom. The Morgan fingerprint density at radius 1 is 1.05 bits per heavy atom. The lowest BCUT2D eigenvalue weighted by Gasteiger charge is -2.19. The Balaban J connectivity index is 1.92. The van der Waals surface area contributed by atoms with Gasteiger partial charge >= 0.3 is 5.97 Å². The molecule has 3 nitrogen and oxygen atoms in total. The van der Waals surface area contributed by atoms with Crippen LogP contribution in [0.5, 0.6) is 0 Å². The molecular formula is C17H19NO2. The fourth-order valence-electron chi connectivity index (χ4n) is 1.99. The van der Waals surface area contributed by atoms with E-state index in [0.29, 0.717) is 0 Å². The molecule has 0 saturated carbocycles. The molecule has 2 aromatic carbocycles. The molecule has 20 heavy (non-hydrogen) atoms. The van der Waals surface area contributed by atoms with Crippen molar-refractivity contribution in [1.29, 1.82) is 0 Å². The van der Waals surface area contributed by atoms with Gasteiger partial charge in [0.15, 0.2) is 0 Å². The third kappa shape index (κ3) is 3.68. The number of rotatable bonds is 5. The zero-order chi connectivity index (χ0) is 14.4. The number of esters is 1. The summed E-state index contributed by atoms with van der Waals surface area (Å²) >= 11 is 0. The highest BCUT2D eigenvalue weighted by atomic mass is 16.5. The van der Waals surface area contributed by atoms with E-state index >= 15 is 0 Å². The molecule has 0 aliphatic rings. The minimum atomic E-state index is -0.652. The lowest BCUT2D eigenvalue weighted by atomic mass is 9.94. The number of carbonyl (C=O) groups excluding carboxylic acids is 1. The fraction of sp³-hybridized carbons (Fsp3) is 0.235. The lowest BCUT2D eigenvalue weighted by molar-refractivity contribution is -0.147. The van der Waals surface area contributed by atoms with Crippen molar-refractivity contribution in [2.24, 2.45) is 5.73 Å². The topological polar surface area (TPSA) is 52.3 Å². The van der Waals surface area contributed by atoms with Crippen LogP contribution in [0.3, 0.4) is 0 Å². The molecule has 0 aliphatic carbocycles. The first kappa shape index (κ1) is 14.3. The van der Waals surface area contributed by atoms with E-state index in [0.717, 1.165) is 11.1 Å². The average molecular weight is 269 g/mol. The molecule has 2 rings (SSSR count). The Labute approximate surface area is 119 Å². The lowest BCUT2D eigenvalue weighted by Crippen LogP contribution is -2.36. The van der Waals surface area contributed by atoms with Crippen LogP contribution in [0.4, 0.5) is 0 Å². The second kappa shape index (κ2) is 6.87. The van der Waals surface area contributed by atoms with Gasteiger partial charge in [-0.05, 0) is 11.1 Å². The van der Waals surface area contributed by atoms with Crippen LogP contribution in [0, 0.1) is 0 Å². The number of ether oxygens (including phenoxy) is 1. The first-order chi connectivity index (χ1) is 9.68.